The van der Waals surface area contributed by atoms with Crippen LogP contribution < -0.4 is 10.6 Å². The monoisotopic (exact) mass is 559 g/mol. The van der Waals surface area contributed by atoms with Crippen molar-refractivity contribution in [3.63, 3.8) is 0 Å². The van der Waals surface area contributed by atoms with Crippen molar-refractivity contribution in [2.45, 2.75) is 38.1 Å². The third kappa shape index (κ3) is 6.41. The number of hydrogen-bond acceptors (Lipinski definition) is 10. The van der Waals surface area contributed by atoms with E-state index in [1.807, 2.05) is 25.1 Å². The minimum atomic E-state index is -3.57. The molecule has 1 fully saturated rings. The van der Waals surface area contributed by atoms with E-state index in [4.69, 9.17) is 0 Å². The van der Waals surface area contributed by atoms with Gasteiger partial charge in [-0.3, -0.25) is 4.90 Å². The van der Waals surface area contributed by atoms with Crippen LogP contribution in [0.1, 0.15) is 26.5 Å². The summed E-state index contributed by atoms with van der Waals surface area (Å²) in [4.78, 5) is 24.7. The SMILES string of the molecule is Cc1cccc(-c2nccc(Nc3ccnc(Nc4ccc(S(=O)(=O)N5CCN(C(C)(C)C)CC5)cc4)n3)n2)n1. The number of nitrogens with one attached hydrogen (secondary N) is 2. The molecule has 0 saturated carbocycles. The lowest BCUT2D eigenvalue weighted by Crippen LogP contribution is -2.54. The van der Waals surface area contributed by atoms with Gasteiger partial charge in [0.25, 0.3) is 0 Å². The molecule has 4 heterocycles. The fourth-order valence-corrected chi connectivity index (χ4v) is 5.85. The Kier molecular flexibility index (Phi) is 7.74. The van der Waals surface area contributed by atoms with Crippen molar-refractivity contribution in [2.75, 3.05) is 36.8 Å². The third-order valence-electron chi connectivity index (χ3n) is 6.62. The average Bonchev–Trinajstić information content (AvgIpc) is 2.93. The molecule has 3 aromatic heterocycles. The van der Waals surface area contributed by atoms with E-state index >= 15 is 0 Å². The molecule has 0 amide bonds. The first-order valence-corrected chi connectivity index (χ1v) is 14.5. The van der Waals surface area contributed by atoms with Crippen LogP contribution >= 0.6 is 0 Å². The summed E-state index contributed by atoms with van der Waals surface area (Å²) in [5.41, 5.74) is 2.26. The van der Waals surface area contributed by atoms with E-state index in [2.05, 4.69) is 61.2 Å². The van der Waals surface area contributed by atoms with E-state index in [-0.39, 0.29) is 10.4 Å². The van der Waals surface area contributed by atoms with E-state index in [9.17, 15) is 8.42 Å². The summed E-state index contributed by atoms with van der Waals surface area (Å²) in [6.07, 6.45) is 3.28. The Labute approximate surface area is 234 Å². The van der Waals surface area contributed by atoms with Gasteiger partial charge in [0, 0.05) is 55.5 Å². The molecule has 4 aromatic rings. The predicted octanol–water partition coefficient (Wildman–Crippen LogP) is 4.23. The number of piperazine rings is 1. The fraction of sp³-hybridized carbons (Fsp3) is 0.321. The molecule has 1 aromatic carbocycles. The number of hydrogen-bond donors (Lipinski definition) is 2. The van der Waals surface area contributed by atoms with Gasteiger partial charge in [-0.2, -0.15) is 9.29 Å². The second kappa shape index (κ2) is 11.2. The molecule has 40 heavy (non-hydrogen) atoms. The van der Waals surface area contributed by atoms with E-state index < -0.39 is 10.0 Å². The quantitative estimate of drug-likeness (QED) is 0.339. The van der Waals surface area contributed by atoms with Crippen molar-refractivity contribution in [3.05, 3.63) is 72.7 Å². The zero-order chi connectivity index (χ0) is 28.3. The molecule has 2 N–H and O–H groups in total. The molecule has 1 aliphatic heterocycles. The number of rotatable bonds is 7. The second-order valence-corrected chi connectivity index (χ2v) is 12.5. The lowest BCUT2D eigenvalue weighted by atomic mass is 10.1. The summed E-state index contributed by atoms with van der Waals surface area (Å²) in [5.74, 6) is 1.96. The Bertz CT molecular complexity index is 1580. The van der Waals surface area contributed by atoms with Crippen LogP contribution in [0.15, 0.2) is 71.9 Å². The number of aromatic nitrogens is 5. The Morgan fingerprint density at radius 3 is 2.12 bits per heavy atom. The highest BCUT2D eigenvalue weighted by Gasteiger charge is 2.32. The van der Waals surface area contributed by atoms with Gasteiger partial charge >= 0.3 is 0 Å². The normalized spacial score (nSPS) is 15.1. The van der Waals surface area contributed by atoms with Crippen molar-refractivity contribution in [2.24, 2.45) is 0 Å². The Morgan fingerprint density at radius 2 is 1.45 bits per heavy atom. The molecule has 11 nitrogen and oxygen atoms in total. The molecule has 0 spiro atoms. The van der Waals surface area contributed by atoms with Crippen molar-refractivity contribution in [1.29, 1.82) is 0 Å². The average molecular weight is 560 g/mol. The number of benzene rings is 1. The van der Waals surface area contributed by atoms with Crippen LogP contribution in [0.5, 0.6) is 0 Å². The topological polar surface area (TPSA) is 129 Å². The number of pyridine rings is 1. The molecule has 0 unspecified atom stereocenters. The second-order valence-electron chi connectivity index (χ2n) is 10.5. The first kappa shape index (κ1) is 27.6. The maximum atomic E-state index is 13.2. The maximum absolute atomic E-state index is 13.2. The molecule has 1 saturated heterocycles. The van der Waals surface area contributed by atoms with Gasteiger partial charge in [0.1, 0.15) is 17.3 Å². The van der Waals surface area contributed by atoms with Crippen LogP contribution in [0.2, 0.25) is 0 Å². The Balaban J connectivity index is 1.24. The zero-order valence-electron chi connectivity index (χ0n) is 23.0. The third-order valence-corrected chi connectivity index (χ3v) is 8.53. The van der Waals surface area contributed by atoms with Gasteiger partial charge in [0.05, 0.1) is 4.90 Å². The largest absolute Gasteiger partial charge is 0.325 e. The molecule has 12 heteroatoms. The highest BCUT2D eigenvalue weighted by atomic mass is 32.2. The number of nitrogens with zero attached hydrogens (tertiary/aromatic N) is 7. The smallest absolute Gasteiger partial charge is 0.243 e. The van der Waals surface area contributed by atoms with E-state index in [0.29, 0.717) is 61.0 Å². The molecule has 208 valence electrons. The van der Waals surface area contributed by atoms with Gasteiger partial charge in [-0.05, 0) is 76.2 Å². The molecule has 0 radical (unpaired) electrons. The highest BCUT2D eigenvalue weighted by molar-refractivity contribution is 7.89. The van der Waals surface area contributed by atoms with Gasteiger partial charge < -0.3 is 10.6 Å². The van der Waals surface area contributed by atoms with Crippen LogP contribution in [0.4, 0.5) is 23.3 Å². The van der Waals surface area contributed by atoms with E-state index in [0.717, 1.165) is 5.69 Å². The van der Waals surface area contributed by atoms with Crippen molar-refractivity contribution >= 4 is 33.3 Å². The van der Waals surface area contributed by atoms with Crippen LogP contribution in [0, 0.1) is 6.92 Å². The molecule has 0 bridgehead atoms. The summed E-state index contributed by atoms with van der Waals surface area (Å²) >= 11 is 0. The number of aryl methyl sites for hydroxylation is 1. The van der Waals surface area contributed by atoms with Gasteiger partial charge in [0.15, 0.2) is 5.82 Å². The van der Waals surface area contributed by atoms with Crippen LogP contribution in [-0.4, -0.2) is 74.3 Å². The molecule has 0 aliphatic carbocycles. The fourth-order valence-electron chi connectivity index (χ4n) is 4.43. The van der Waals surface area contributed by atoms with Gasteiger partial charge in [-0.1, -0.05) is 6.07 Å². The Morgan fingerprint density at radius 1 is 0.775 bits per heavy atom. The van der Waals surface area contributed by atoms with Crippen LogP contribution in [-0.2, 0) is 10.0 Å². The summed E-state index contributed by atoms with van der Waals surface area (Å²) in [6.45, 7) is 10.7. The number of anilines is 4. The van der Waals surface area contributed by atoms with Crippen molar-refractivity contribution in [1.82, 2.24) is 34.1 Å². The van der Waals surface area contributed by atoms with Crippen LogP contribution in [0.25, 0.3) is 11.5 Å². The molecule has 1 aliphatic rings. The van der Waals surface area contributed by atoms with Crippen molar-refractivity contribution < 1.29 is 8.42 Å². The molecular formula is C28H33N9O2S. The standard InChI is InChI=1S/C28H33N9O2S/c1-20-6-5-7-23(31-20)26-29-14-12-24(34-26)33-25-13-15-30-27(35-25)32-21-8-10-22(11-9-21)40(38,39)37-18-16-36(17-19-37)28(2,3)4/h5-15H,16-19H2,1-4H3,(H2,29,30,32,33,34,35). The first-order valence-electron chi connectivity index (χ1n) is 13.1. The van der Waals surface area contributed by atoms with Crippen molar-refractivity contribution in [3.8, 4) is 11.5 Å². The predicted molar refractivity (Wildman–Crippen MR) is 155 cm³/mol. The Hall–Kier alpha value is -4.00. The lowest BCUT2D eigenvalue weighted by Gasteiger charge is -2.41. The molecular weight excluding hydrogens is 526 g/mol. The first-order chi connectivity index (χ1) is 19.1. The summed E-state index contributed by atoms with van der Waals surface area (Å²) < 4.78 is 28.0. The van der Waals surface area contributed by atoms with Gasteiger partial charge in [-0.15, -0.1) is 0 Å². The lowest BCUT2D eigenvalue weighted by molar-refractivity contribution is 0.0922. The molecule has 5 rings (SSSR count). The number of sulfonamides is 1. The van der Waals surface area contributed by atoms with Gasteiger partial charge in [0.2, 0.25) is 16.0 Å². The minimum Gasteiger partial charge on any atom is -0.325 e. The van der Waals surface area contributed by atoms with Gasteiger partial charge in [-0.25, -0.2) is 28.4 Å². The minimum absolute atomic E-state index is 0.0225. The highest BCUT2D eigenvalue weighted by Crippen LogP contribution is 2.24. The van der Waals surface area contributed by atoms with E-state index in [1.165, 1.54) is 0 Å². The van der Waals surface area contributed by atoms with Crippen LogP contribution in [0.3, 0.4) is 0 Å². The summed E-state index contributed by atoms with van der Waals surface area (Å²) in [5, 5.41) is 6.31. The maximum Gasteiger partial charge on any atom is 0.243 e. The zero-order valence-corrected chi connectivity index (χ0v) is 23.9. The molecule has 0 atom stereocenters. The summed E-state index contributed by atoms with van der Waals surface area (Å²) in [7, 11) is -3.57. The van der Waals surface area contributed by atoms with E-state index in [1.54, 1.807) is 53.1 Å². The summed E-state index contributed by atoms with van der Waals surface area (Å²) in [6, 6.07) is 15.8.